The van der Waals surface area contributed by atoms with Crippen LogP contribution < -0.4 is 22.3 Å². The molecule has 1 aromatic heterocycles. The first-order chi connectivity index (χ1) is 11.7. The largest absolute Gasteiger partial charge is 1.00 e. The van der Waals surface area contributed by atoms with E-state index in [-0.39, 0.29) is 30.6 Å². The molecule has 3 rings (SSSR count). The van der Waals surface area contributed by atoms with Crippen LogP contribution >= 0.6 is 0 Å². The fourth-order valence-electron chi connectivity index (χ4n) is 2.36. The molecule has 1 N–H and O–H groups in total. The Morgan fingerprint density at radius 2 is 1.28 bits per heavy atom. The Bertz CT molecular complexity index is 835. The molecule has 0 saturated heterocycles. The highest BCUT2D eigenvalue weighted by Crippen LogP contribution is 2.08. The lowest BCUT2D eigenvalue weighted by molar-refractivity contribution is -0.684. The number of aromatic nitrogens is 1. The van der Waals surface area contributed by atoms with Crippen LogP contribution in [-0.2, 0) is 11.3 Å². The first-order valence-electron chi connectivity index (χ1n) is 7.66. The summed E-state index contributed by atoms with van der Waals surface area (Å²) >= 11 is 0. The number of benzene rings is 2. The van der Waals surface area contributed by atoms with Crippen LogP contribution in [-0.4, -0.2) is 11.7 Å². The summed E-state index contributed by atoms with van der Waals surface area (Å²) in [6.07, 6.45) is 3.47. The van der Waals surface area contributed by atoms with E-state index in [0.717, 1.165) is 5.69 Å². The zero-order chi connectivity index (χ0) is 16.8. The van der Waals surface area contributed by atoms with Gasteiger partial charge in [0.05, 0.1) is 0 Å². The quantitative estimate of drug-likeness (QED) is 0.513. The Morgan fingerprint density at radius 3 is 1.88 bits per heavy atom. The first kappa shape index (κ1) is 18.4. The van der Waals surface area contributed by atoms with E-state index >= 15 is 0 Å². The molecular weight excluding hydrogens is 336 g/mol. The van der Waals surface area contributed by atoms with Crippen LogP contribution in [0, 0.1) is 0 Å². The number of amides is 1. The van der Waals surface area contributed by atoms with Crippen molar-refractivity contribution in [2.24, 2.45) is 0 Å². The third-order valence-electron chi connectivity index (χ3n) is 3.57. The monoisotopic (exact) mass is 352 g/mol. The Kier molecular flexibility index (Phi) is 6.43. The predicted molar refractivity (Wildman–Crippen MR) is 91.6 cm³/mol. The van der Waals surface area contributed by atoms with Crippen LogP contribution in [0.4, 0.5) is 5.69 Å². The lowest BCUT2D eigenvalue weighted by Crippen LogP contribution is -3.00. The second-order valence-corrected chi connectivity index (χ2v) is 5.37. The summed E-state index contributed by atoms with van der Waals surface area (Å²) in [4.78, 5) is 24.4. The summed E-state index contributed by atoms with van der Waals surface area (Å²) in [6, 6.07) is 21.9. The molecule has 0 aliphatic carbocycles. The van der Waals surface area contributed by atoms with E-state index in [1.54, 1.807) is 41.2 Å². The van der Waals surface area contributed by atoms with Crippen molar-refractivity contribution in [3.8, 4) is 0 Å². The van der Waals surface area contributed by atoms with Crippen LogP contribution in [0.25, 0.3) is 0 Å². The molecule has 0 radical (unpaired) electrons. The number of hydrogen-bond acceptors (Lipinski definition) is 2. The van der Waals surface area contributed by atoms with Crippen molar-refractivity contribution in [2.75, 3.05) is 5.32 Å². The van der Waals surface area contributed by atoms with Crippen molar-refractivity contribution in [3.05, 3.63) is 96.3 Å². The number of carbonyl (C=O) groups is 2. The van der Waals surface area contributed by atoms with Gasteiger partial charge in [-0.1, -0.05) is 48.5 Å². The molecule has 0 aliphatic heterocycles. The molecule has 0 spiro atoms. The third kappa shape index (κ3) is 4.99. The molecule has 2 aromatic carbocycles. The van der Waals surface area contributed by atoms with Crippen LogP contribution in [0.5, 0.6) is 0 Å². The number of carbonyl (C=O) groups excluding carboxylic acids is 2. The van der Waals surface area contributed by atoms with Crippen LogP contribution in [0.1, 0.15) is 15.9 Å². The van der Waals surface area contributed by atoms with Crippen molar-refractivity contribution in [1.29, 1.82) is 0 Å². The molecule has 0 fully saturated rings. The van der Waals surface area contributed by atoms with E-state index in [2.05, 4.69) is 5.32 Å². The highest BCUT2D eigenvalue weighted by molar-refractivity contribution is 6.08. The molecule has 126 valence electrons. The predicted octanol–water partition coefficient (Wildman–Crippen LogP) is -0.152. The molecule has 0 saturated carbocycles. The smallest absolute Gasteiger partial charge is 0.290 e. The van der Waals surface area contributed by atoms with E-state index in [1.165, 1.54) is 0 Å². The zero-order valence-electron chi connectivity index (χ0n) is 13.4. The summed E-state index contributed by atoms with van der Waals surface area (Å²) in [6.45, 7) is 0.189. The minimum absolute atomic E-state index is 0. The summed E-state index contributed by atoms with van der Waals surface area (Å²) in [7, 11) is 0. The number of pyridine rings is 1. The van der Waals surface area contributed by atoms with Crippen LogP contribution in [0.3, 0.4) is 0 Å². The first-order valence-corrected chi connectivity index (χ1v) is 7.66. The molecule has 3 aromatic rings. The van der Waals surface area contributed by atoms with Gasteiger partial charge in [-0.3, -0.25) is 9.59 Å². The van der Waals surface area contributed by atoms with Gasteiger partial charge in [0.25, 0.3) is 5.91 Å². The topological polar surface area (TPSA) is 50.0 Å². The molecular formula is C20H17ClN2O2. The molecule has 5 heteroatoms. The Hall–Kier alpha value is -2.98. The number of nitrogens with one attached hydrogen (secondary N) is 1. The van der Waals surface area contributed by atoms with Gasteiger partial charge in [-0.05, 0) is 12.1 Å². The van der Waals surface area contributed by atoms with Gasteiger partial charge in [0, 0.05) is 28.9 Å². The SMILES string of the molecule is O=C(C[n+]1ccc(C(=O)c2ccccc2)cc1)Nc1ccccc1.[Cl-]. The number of rotatable bonds is 5. The van der Waals surface area contributed by atoms with Gasteiger partial charge < -0.3 is 17.7 Å². The van der Waals surface area contributed by atoms with Crippen molar-refractivity contribution in [1.82, 2.24) is 0 Å². The minimum Gasteiger partial charge on any atom is -1.00 e. The molecule has 1 heterocycles. The van der Waals surface area contributed by atoms with Gasteiger partial charge >= 0.3 is 0 Å². The average Bonchev–Trinajstić information content (AvgIpc) is 2.63. The number of halogens is 1. The van der Waals surface area contributed by atoms with Crippen LogP contribution in [0.15, 0.2) is 85.2 Å². The number of anilines is 1. The average molecular weight is 353 g/mol. The van der Waals surface area contributed by atoms with Crippen LogP contribution in [0.2, 0.25) is 0 Å². The highest BCUT2D eigenvalue weighted by Gasteiger charge is 2.13. The molecule has 0 aliphatic rings. The number of ketones is 1. The van der Waals surface area contributed by atoms with Gasteiger partial charge in [0.2, 0.25) is 6.54 Å². The van der Waals surface area contributed by atoms with Crippen molar-refractivity contribution >= 4 is 17.4 Å². The number of hydrogen-bond donors (Lipinski definition) is 1. The maximum atomic E-state index is 12.3. The molecule has 0 atom stereocenters. The van der Waals surface area contributed by atoms with Crippen molar-refractivity contribution in [2.45, 2.75) is 6.54 Å². The maximum Gasteiger partial charge on any atom is 0.290 e. The normalized spacial score (nSPS) is 9.76. The summed E-state index contributed by atoms with van der Waals surface area (Å²) in [5.74, 6) is -0.148. The van der Waals surface area contributed by atoms with Gasteiger partial charge in [0.15, 0.2) is 18.2 Å². The molecule has 0 unspecified atom stereocenters. The number of para-hydroxylation sites is 1. The summed E-state index contributed by atoms with van der Waals surface area (Å²) in [5, 5.41) is 2.83. The summed E-state index contributed by atoms with van der Waals surface area (Å²) in [5.41, 5.74) is 2.01. The fraction of sp³-hybridized carbons (Fsp3) is 0.0500. The van der Waals surface area contributed by atoms with E-state index in [9.17, 15) is 9.59 Å². The highest BCUT2D eigenvalue weighted by atomic mass is 35.5. The van der Waals surface area contributed by atoms with Crippen molar-refractivity contribution < 1.29 is 26.6 Å². The Balaban J connectivity index is 0.00000225. The fourth-order valence-corrected chi connectivity index (χ4v) is 2.36. The summed E-state index contributed by atoms with van der Waals surface area (Å²) < 4.78 is 1.74. The van der Waals surface area contributed by atoms with Gasteiger partial charge in [-0.15, -0.1) is 0 Å². The van der Waals surface area contributed by atoms with Gasteiger partial charge in [0.1, 0.15) is 0 Å². The molecule has 4 nitrogen and oxygen atoms in total. The zero-order valence-corrected chi connectivity index (χ0v) is 14.2. The van der Waals surface area contributed by atoms with Crippen molar-refractivity contribution in [3.63, 3.8) is 0 Å². The minimum atomic E-state index is -0.117. The molecule has 1 amide bonds. The second-order valence-electron chi connectivity index (χ2n) is 5.37. The lowest BCUT2D eigenvalue weighted by atomic mass is 10.0. The lowest BCUT2D eigenvalue weighted by Gasteiger charge is -2.03. The molecule has 25 heavy (non-hydrogen) atoms. The number of nitrogens with zero attached hydrogens (tertiary/aromatic N) is 1. The van der Waals surface area contributed by atoms with Gasteiger partial charge in [-0.25, -0.2) is 0 Å². The molecule has 0 bridgehead atoms. The maximum absolute atomic E-state index is 12.3. The standard InChI is InChI=1S/C20H16N2O2.ClH/c23-19(21-18-9-5-2-6-10-18)15-22-13-11-17(12-14-22)20(24)16-7-3-1-4-8-16;/h1-14H,15H2;1H. The Labute approximate surface area is 152 Å². The van der Waals surface area contributed by atoms with E-state index in [0.29, 0.717) is 11.1 Å². The Morgan fingerprint density at radius 1 is 0.760 bits per heavy atom. The third-order valence-corrected chi connectivity index (χ3v) is 3.57. The van der Waals surface area contributed by atoms with Gasteiger partial charge in [-0.2, -0.15) is 4.57 Å². The van der Waals surface area contributed by atoms with E-state index in [1.807, 2.05) is 48.5 Å². The van der Waals surface area contributed by atoms with E-state index in [4.69, 9.17) is 0 Å². The second kappa shape index (κ2) is 8.76. The van der Waals surface area contributed by atoms with E-state index < -0.39 is 0 Å².